The Hall–Kier alpha value is -1.38. The van der Waals surface area contributed by atoms with E-state index in [1.165, 1.54) is 16.3 Å². The van der Waals surface area contributed by atoms with Crippen molar-refractivity contribution < 1.29 is 5.11 Å². The predicted octanol–water partition coefficient (Wildman–Crippen LogP) is 3.17. The maximum Gasteiger partial charge on any atom is 0.0500 e. The van der Waals surface area contributed by atoms with Crippen LogP contribution in [0.3, 0.4) is 0 Å². The molecular formula is C16H21NO. The minimum absolute atomic E-state index is 0.0797. The van der Waals surface area contributed by atoms with E-state index in [2.05, 4.69) is 31.2 Å². The molecule has 0 bridgehead atoms. The first kappa shape index (κ1) is 13.1. The van der Waals surface area contributed by atoms with Crippen LogP contribution in [0.1, 0.15) is 31.0 Å². The fraction of sp³-hybridized carbons (Fsp3) is 0.375. The van der Waals surface area contributed by atoms with Gasteiger partial charge < -0.3 is 10.8 Å². The molecule has 0 heterocycles. The molecule has 0 fully saturated rings. The summed E-state index contributed by atoms with van der Waals surface area (Å²) in [4.78, 5) is 0. The summed E-state index contributed by atoms with van der Waals surface area (Å²) >= 11 is 0. The Labute approximate surface area is 108 Å². The maximum atomic E-state index is 9.47. The van der Waals surface area contributed by atoms with E-state index in [9.17, 15) is 5.11 Å². The average Bonchev–Trinajstić information content (AvgIpc) is 2.39. The van der Waals surface area contributed by atoms with E-state index in [1.54, 1.807) is 0 Å². The van der Waals surface area contributed by atoms with Gasteiger partial charge in [0.1, 0.15) is 0 Å². The molecule has 2 heteroatoms. The molecule has 0 unspecified atom stereocenters. The number of nitrogens with two attached hydrogens (primary N) is 1. The second-order valence-corrected chi connectivity index (χ2v) is 5.64. The molecule has 0 amide bonds. The molecule has 0 aliphatic carbocycles. The molecule has 2 aromatic rings. The molecule has 18 heavy (non-hydrogen) atoms. The summed E-state index contributed by atoms with van der Waals surface area (Å²) in [5.41, 5.74) is 8.38. The Balaban J connectivity index is 2.62. The summed E-state index contributed by atoms with van der Waals surface area (Å²) in [5.74, 6) is 0. The van der Waals surface area contributed by atoms with E-state index >= 15 is 0 Å². The van der Waals surface area contributed by atoms with Crippen LogP contribution in [0.15, 0.2) is 36.4 Å². The summed E-state index contributed by atoms with van der Waals surface area (Å²) in [6.07, 6.45) is 0. The van der Waals surface area contributed by atoms with Crippen LogP contribution >= 0.6 is 0 Å². The first-order valence-corrected chi connectivity index (χ1v) is 6.32. The van der Waals surface area contributed by atoms with Crippen LogP contribution in [0.5, 0.6) is 0 Å². The Kier molecular flexibility index (Phi) is 3.42. The topological polar surface area (TPSA) is 46.2 Å². The first-order valence-electron chi connectivity index (χ1n) is 6.32. The molecule has 96 valence electrons. The van der Waals surface area contributed by atoms with Crippen LogP contribution in [-0.2, 0) is 0 Å². The molecule has 0 aromatic heterocycles. The van der Waals surface area contributed by atoms with Gasteiger partial charge in [-0.1, -0.05) is 50.2 Å². The third kappa shape index (κ3) is 2.14. The molecule has 0 aliphatic heterocycles. The van der Waals surface area contributed by atoms with Crippen LogP contribution in [-0.4, -0.2) is 11.7 Å². The van der Waals surface area contributed by atoms with Gasteiger partial charge in [0.25, 0.3) is 0 Å². The van der Waals surface area contributed by atoms with Crippen LogP contribution in [0.25, 0.3) is 10.8 Å². The lowest BCUT2D eigenvalue weighted by Crippen LogP contribution is -2.32. The van der Waals surface area contributed by atoms with E-state index in [0.29, 0.717) is 0 Å². The molecule has 0 saturated heterocycles. The van der Waals surface area contributed by atoms with Crippen LogP contribution in [0.2, 0.25) is 0 Å². The fourth-order valence-electron chi connectivity index (χ4n) is 2.26. The van der Waals surface area contributed by atoms with Crippen molar-refractivity contribution in [1.82, 2.24) is 0 Å². The SMILES string of the molecule is Cc1ccc([C@@H](N)C(C)(C)CO)c2ccccc12. The lowest BCUT2D eigenvalue weighted by molar-refractivity contribution is 0.133. The van der Waals surface area contributed by atoms with Crippen molar-refractivity contribution in [2.45, 2.75) is 26.8 Å². The third-order valence-electron chi connectivity index (χ3n) is 3.76. The minimum Gasteiger partial charge on any atom is -0.396 e. The zero-order valence-electron chi connectivity index (χ0n) is 11.3. The highest BCUT2D eigenvalue weighted by Gasteiger charge is 2.28. The lowest BCUT2D eigenvalue weighted by atomic mass is 9.80. The second kappa shape index (κ2) is 4.71. The van der Waals surface area contributed by atoms with E-state index in [0.717, 1.165) is 5.56 Å². The normalized spacial score (nSPS) is 13.8. The van der Waals surface area contributed by atoms with Crippen molar-refractivity contribution in [2.75, 3.05) is 6.61 Å². The third-order valence-corrected chi connectivity index (χ3v) is 3.76. The molecule has 1 atom stereocenters. The molecule has 0 spiro atoms. The van der Waals surface area contributed by atoms with E-state index < -0.39 is 0 Å². The number of aliphatic hydroxyl groups excluding tert-OH is 1. The zero-order valence-corrected chi connectivity index (χ0v) is 11.3. The van der Waals surface area contributed by atoms with Gasteiger partial charge >= 0.3 is 0 Å². The molecule has 3 N–H and O–H groups in total. The number of aliphatic hydroxyl groups is 1. The molecule has 0 saturated carbocycles. The Morgan fingerprint density at radius 1 is 1.11 bits per heavy atom. The monoisotopic (exact) mass is 243 g/mol. The second-order valence-electron chi connectivity index (χ2n) is 5.64. The van der Waals surface area contributed by atoms with Crippen molar-refractivity contribution >= 4 is 10.8 Å². The van der Waals surface area contributed by atoms with Gasteiger partial charge in [-0.15, -0.1) is 0 Å². The van der Waals surface area contributed by atoms with Crippen molar-refractivity contribution in [3.8, 4) is 0 Å². The molecule has 2 rings (SSSR count). The molecule has 2 nitrogen and oxygen atoms in total. The summed E-state index contributed by atoms with van der Waals surface area (Å²) in [6.45, 7) is 6.17. The molecule has 0 aliphatic rings. The van der Waals surface area contributed by atoms with Crippen LogP contribution in [0, 0.1) is 12.3 Å². The van der Waals surface area contributed by atoms with Crippen molar-refractivity contribution in [3.63, 3.8) is 0 Å². The lowest BCUT2D eigenvalue weighted by Gasteiger charge is -2.30. The number of hydrogen-bond donors (Lipinski definition) is 2. The van der Waals surface area contributed by atoms with Gasteiger partial charge in [0.15, 0.2) is 0 Å². The van der Waals surface area contributed by atoms with E-state index in [1.807, 2.05) is 26.0 Å². The smallest absolute Gasteiger partial charge is 0.0500 e. The van der Waals surface area contributed by atoms with Crippen molar-refractivity contribution in [1.29, 1.82) is 0 Å². The summed E-state index contributed by atoms with van der Waals surface area (Å²) in [7, 11) is 0. The zero-order chi connectivity index (χ0) is 13.3. The van der Waals surface area contributed by atoms with Crippen LogP contribution < -0.4 is 5.73 Å². The Bertz CT molecular complexity index is 560. The number of benzene rings is 2. The molecule has 2 aromatic carbocycles. The highest BCUT2D eigenvalue weighted by molar-refractivity contribution is 5.89. The van der Waals surface area contributed by atoms with Crippen molar-refractivity contribution in [3.05, 3.63) is 47.5 Å². The number of fused-ring (bicyclic) bond motifs is 1. The summed E-state index contributed by atoms with van der Waals surface area (Å²) < 4.78 is 0. The predicted molar refractivity (Wildman–Crippen MR) is 76.5 cm³/mol. The van der Waals surface area contributed by atoms with Gasteiger partial charge in [-0.3, -0.25) is 0 Å². The van der Waals surface area contributed by atoms with E-state index in [4.69, 9.17) is 5.73 Å². The standard InChI is InChI=1S/C16H21NO/c1-11-8-9-14(15(17)16(2,3)10-18)13-7-5-4-6-12(11)13/h4-9,15,18H,10,17H2,1-3H3/t15-/m1/s1. The summed E-state index contributed by atoms with van der Waals surface area (Å²) in [6, 6.07) is 12.3. The van der Waals surface area contributed by atoms with Gasteiger partial charge in [0.05, 0.1) is 0 Å². The van der Waals surface area contributed by atoms with Gasteiger partial charge in [0.2, 0.25) is 0 Å². The van der Waals surface area contributed by atoms with Gasteiger partial charge in [-0.05, 0) is 28.8 Å². The number of rotatable bonds is 3. The first-order chi connectivity index (χ1) is 8.47. The molecule has 0 radical (unpaired) electrons. The van der Waals surface area contributed by atoms with E-state index in [-0.39, 0.29) is 18.1 Å². The van der Waals surface area contributed by atoms with Crippen LogP contribution in [0.4, 0.5) is 0 Å². The minimum atomic E-state index is -0.321. The fourth-order valence-corrected chi connectivity index (χ4v) is 2.26. The largest absolute Gasteiger partial charge is 0.396 e. The average molecular weight is 243 g/mol. The Morgan fingerprint density at radius 2 is 1.72 bits per heavy atom. The molecular weight excluding hydrogens is 222 g/mol. The van der Waals surface area contributed by atoms with Crippen molar-refractivity contribution in [2.24, 2.45) is 11.1 Å². The number of hydrogen-bond acceptors (Lipinski definition) is 2. The quantitative estimate of drug-likeness (QED) is 0.869. The summed E-state index contributed by atoms with van der Waals surface area (Å²) in [5, 5.41) is 11.9. The highest BCUT2D eigenvalue weighted by Crippen LogP contribution is 2.35. The van der Waals surface area contributed by atoms with Gasteiger partial charge in [-0.2, -0.15) is 0 Å². The number of aryl methyl sites for hydroxylation is 1. The Morgan fingerprint density at radius 3 is 2.33 bits per heavy atom. The highest BCUT2D eigenvalue weighted by atomic mass is 16.3. The van der Waals surface area contributed by atoms with Gasteiger partial charge in [0, 0.05) is 18.1 Å². The van der Waals surface area contributed by atoms with Gasteiger partial charge in [-0.25, -0.2) is 0 Å². The maximum absolute atomic E-state index is 9.47.